The Labute approximate surface area is 117 Å². The zero-order valence-corrected chi connectivity index (χ0v) is 10.6. The first-order chi connectivity index (χ1) is 9.40. The molecular formula is C13H8ClF3N2O. The quantitative estimate of drug-likeness (QED) is 0.658. The highest BCUT2D eigenvalue weighted by molar-refractivity contribution is 6.34. The highest BCUT2D eigenvalue weighted by atomic mass is 35.5. The molecule has 0 unspecified atom stereocenters. The largest absolute Gasteiger partial charge is 0.397 e. The summed E-state index contributed by atoms with van der Waals surface area (Å²) in [6, 6.07) is 5.33. The Balaban J connectivity index is 2.35. The van der Waals surface area contributed by atoms with Gasteiger partial charge in [0.05, 0.1) is 22.0 Å². The van der Waals surface area contributed by atoms with Crippen molar-refractivity contribution in [3.63, 3.8) is 0 Å². The molecule has 1 amide bonds. The number of nitrogen functional groups attached to an aromatic ring is 1. The van der Waals surface area contributed by atoms with Crippen LogP contribution in [-0.2, 0) is 0 Å². The van der Waals surface area contributed by atoms with Crippen LogP contribution in [0.25, 0.3) is 0 Å². The predicted octanol–water partition coefficient (Wildman–Crippen LogP) is 3.59. The molecule has 0 heterocycles. The molecule has 0 aromatic heterocycles. The molecule has 0 saturated heterocycles. The number of carbonyl (C=O) groups excluding carboxylic acids is 1. The van der Waals surface area contributed by atoms with Crippen LogP contribution in [0.1, 0.15) is 10.4 Å². The van der Waals surface area contributed by atoms with Gasteiger partial charge in [0.15, 0.2) is 11.6 Å². The van der Waals surface area contributed by atoms with Crippen LogP contribution in [0.5, 0.6) is 0 Å². The molecule has 0 aliphatic heterocycles. The second-order valence-electron chi connectivity index (χ2n) is 3.90. The SMILES string of the molecule is Nc1c(Cl)cccc1C(=O)Nc1cc(F)cc(F)c1F. The molecule has 104 valence electrons. The Kier molecular flexibility index (Phi) is 3.85. The Hall–Kier alpha value is -2.21. The Morgan fingerprint density at radius 2 is 1.90 bits per heavy atom. The van der Waals surface area contributed by atoms with E-state index < -0.39 is 29.0 Å². The third-order valence-corrected chi connectivity index (χ3v) is 2.87. The highest BCUT2D eigenvalue weighted by Gasteiger charge is 2.16. The minimum Gasteiger partial charge on any atom is -0.397 e. The van der Waals surface area contributed by atoms with Gasteiger partial charge in [0.25, 0.3) is 5.91 Å². The third kappa shape index (κ3) is 2.70. The minimum absolute atomic E-state index is 0.0102. The van der Waals surface area contributed by atoms with Gasteiger partial charge >= 0.3 is 0 Å². The van der Waals surface area contributed by atoms with Crippen LogP contribution < -0.4 is 11.1 Å². The van der Waals surface area contributed by atoms with E-state index in [4.69, 9.17) is 17.3 Å². The molecule has 3 nitrogen and oxygen atoms in total. The first-order valence-electron chi connectivity index (χ1n) is 5.40. The van der Waals surface area contributed by atoms with E-state index in [1.165, 1.54) is 18.2 Å². The molecule has 2 aromatic carbocycles. The van der Waals surface area contributed by atoms with Gasteiger partial charge in [0.2, 0.25) is 0 Å². The van der Waals surface area contributed by atoms with Crippen molar-refractivity contribution in [3.8, 4) is 0 Å². The zero-order valence-electron chi connectivity index (χ0n) is 9.88. The highest BCUT2D eigenvalue weighted by Crippen LogP contribution is 2.25. The van der Waals surface area contributed by atoms with Gasteiger partial charge in [-0.1, -0.05) is 17.7 Å². The molecule has 0 aliphatic rings. The maximum atomic E-state index is 13.4. The van der Waals surface area contributed by atoms with Gasteiger partial charge in [-0.2, -0.15) is 0 Å². The number of nitrogens with one attached hydrogen (secondary N) is 1. The molecule has 3 N–H and O–H groups in total. The van der Waals surface area contributed by atoms with Gasteiger partial charge in [-0.05, 0) is 12.1 Å². The van der Waals surface area contributed by atoms with E-state index in [1.54, 1.807) is 0 Å². The maximum Gasteiger partial charge on any atom is 0.257 e. The van der Waals surface area contributed by atoms with Crippen molar-refractivity contribution in [2.24, 2.45) is 0 Å². The number of halogens is 4. The van der Waals surface area contributed by atoms with Gasteiger partial charge in [-0.15, -0.1) is 0 Å². The van der Waals surface area contributed by atoms with Gasteiger partial charge in [-0.3, -0.25) is 4.79 Å². The van der Waals surface area contributed by atoms with Gasteiger partial charge in [0, 0.05) is 12.1 Å². The smallest absolute Gasteiger partial charge is 0.257 e. The molecule has 0 saturated carbocycles. The molecule has 0 bridgehead atoms. The number of carbonyl (C=O) groups is 1. The normalized spacial score (nSPS) is 10.4. The summed E-state index contributed by atoms with van der Waals surface area (Å²) in [6.45, 7) is 0. The van der Waals surface area contributed by atoms with Crippen molar-refractivity contribution in [1.82, 2.24) is 0 Å². The van der Waals surface area contributed by atoms with E-state index >= 15 is 0 Å². The molecule has 0 atom stereocenters. The minimum atomic E-state index is -1.40. The predicted molar refractivity (Wildman–Crippen MR) is 70.1 cm³/mol. The summed E-state index contributed by atoms with van der Waals surface area (Å²) in [4.78, 5) is 11.9. The summed E-state index contributed by atoms with van der Waals surface area (Å²) in [5.41, 5.74) is 4.95. The average molecular weight is 301 g/mol. The summed E-state index contributed by atoms with van der Waals surface area (Å²) in [6.07, 6.45) is 0. The number of rotatable bonds is 2. The molecule has 2 aromatic rings. The van der Waals surface area contributed by atoms with Crippen LogP contribution in [0.2, 0.25) is 5.02 Å². The molecule has 2 rings (SSSR count). The first kappa shape index (κ1) is 14.2. The Morgan fingerprint density at radius 3 is 2.60 bits per heavy atom. The Morgan fingerprint density at radius 1 is 1.20 bits per heavy atom. The van der Waals surface area contributed by atoms with E-state index in [0.29, 0.717) is 12.1 Å². The second-order valence-corrected chi connectivity index (χ2v) is 4.31. The standard InChI is InChI=1S/C13H8ClF3N2O/c14-8-3-1-2-7(12(8)18)13(20)19-10-5-6(15)4-9(16)11(10)17/h1-5H,18H2,(H,19,20). The number of hydrogen-bond acceptors (Lipinski definition) is 2. The van der Waals surface area contributed by atoms with E-state index in [1.807, 2.05) is 5.32 Å². The monoisotopic (exact) mass is 300 g/mol. The zero-order chi connectivity index (χ0) is 14.9. The molecule has 0 radical (unpaired) electrons. The lowest BCUT2D eigenvalue weighted by Crippen LogP contribution is -2.15. The molecule has 20 heavy (non-hydrogen) atoms. The van der Waals surface area contributed by atoms with E-state index in [-0.39, 0.29) is 16.3 Å². The fraction of sp³-hybridized carbons (Fsp3) is 0. The lowest BCUT2D eigenvalue weighted by Gasteiger charge is -2.09. The van der Waals surface area contributed by atoms with Gasteiger partial charge in [0.1, 0.15) is 5.82 Å². The van der Waals surface area contributed by atoms with Crippen LogP contribution in [0.15, 0.2) is 30.3 Å². The van der Waals surface area contributed by atoms with E-state index in [0.717, 1.165) is 0 Å². The number of hydrogen-bond donors (Lipinski definition) is 2. The lowest BCUT2D eigenvalue weighted by molar-refractivity contribution is 0.102. The van der Waals surface area contributed by atoms with Crippen LogP contribution >= 0.6 is 11.6 Å². The average Bonchev–Trinajstić information content (AvgIpc) is 2.38. The van der Waals surface area contributed by atoms with E-state index in [9.17, 15) is 18.0 Å². The molecular weight excluding hydrogens is 293 g/mol. The van der Waals surface area contributed by atoms with Crippen molar-refractivity contribution >= 4 is 28.9 Å². The fourth-order valence-electron chi connectivity index (χ4n) is 1.57. The number of nitrogens with two attached hydrogens (primary N) is 1. The number of benzene rings is 2. The molecule has 0 fully saturated rings. The molecule has 7 heteroatoms. The van der Waals surface area contributed by atoms with Crippen LogP contribution in [0, 0.1) is 17.5 Å². The molecule has 0 spiro atoms. The summed E-state index contributed by atoms with van der Waals surface area (Å²) in [7, 11) is 0. The number of amides is 1. The third-order valence-electron chi connectivity index (χ3n) is 2.54. The summed E-state index contributed by atoms with van der Waals surface area (Å²) in [5, 5.41) is 2.19. The van der Waals surface area contributed by atoms with Crippen LogP contribution in [0.3, 0.4) is 0 Å². The number of anilines is 2. The first-order valence-corrected chi connectivity index (χ1v) is 5.78. The van der Waals surface area contributed by atoms with Gasteiger partial charge in [-0.25, -0.2) is 13.2 Å². The summed E-state index contributed by atoms with van der Waals surface area (Å²) in [5.74, 6) is -4.60. The molecule has 0 aliphatic carbocycles. The topological polar surface area (TPSA) is 55.1 Å². The Bertz CT molecular complexity index is 692. The maximum absolute atomic E-state index is 13.4. The van der Waals surface area contributed by atoms with Crippen molar-refractivity contribution in [1.29, 1.82) is 0 Å². The van der Waals surface area contributed by atoms with Crippen LogP contribution in [0.4, 0.5) is 24.5 Å². The summed E-state index contributed by atoms with van der Waals surface area (Å²) >= 11 is 5.74. The van der Waals surface area contributed by atoms with Crippen molar-refractivity contribution in [2.75, 3.05) is 11.1 Å². The van der Waals surface area contributed by atoms with Crippen molar-refractivity contribution in [3.05, 3.63) is 58.4 Å². The van der Waals surface area contributed by atoms with Crippen LogP contribution in [-0.4, -0.2) is 5.91 Å². The number of para-hydroxylation sites is 1. The lowest BCUT2D eigenvalue weighted by atomic mass is 10.1. The van der Waals surface area contributed by atoms with Crippen molar-refractivity contribution in [2.45, 2.75) is 0 Å². The second kappa shape index (κ2) is 5.42. The van der Waals surface area contributed by atoms with Gasteiger partial charge < -0.3 is 11.1 Å². The van der Waals surface area contributed by atoms with Crippen molar-refractivity contribution < 1.29 is 18.0 Å². The summed E-state index contributed by atoms with van der Waals surface area (Å²) < 4.78 is 39.4. The van der Waals surface area contributed by atoms with E-state index in [2.05, 4.69) is 0 Å². The fourth-order valence-corrected chi connectivity index (χ4v) is 1.75.